The van der Waals surface area contributed by atoms with Gasteiger partial charge in [0.25, 0.3) is 0 Å². The summed E-state index contributed by atoms with van der Waals surface area (Å²) in [6, 6.07) is 8.75. The molecule has 0 aliphatic heterocycles. The topological polar surface area (TPSA) is 50.9 Å². The lowest BCUT2D eigenvalue weighted by Gasteiger charge is -2.11. The maximum atomic E-state index is 6.07. The quantitative estimate of drug-likeness (QED) is 0.847. The third-order valence-corrected chi connectivity index (χ3v) is 3.00. The molecule has 92 valence electrons. The number of pyridine rings is 1. The van der Waals surface area contributed by atoms with Crippen molar-refractivity contribution in [1.29, 1.82) is 0 Å². The molecular weight excluding hydrogens is 289 g/mol. The molecule has 0 aliphatic rings. The highest BCUT2D eigenvalue weighted by Gasteiger charge is 2.08. The first-order chi connectivity index (χ1) is 8.58. The standard InChI is InChI=1S/C12H9Cl2N3S/c13-7-3-4-8(14)10(6-7)17-9-2-1-5-16-11(9)12(15)18/h1-6,17H,(H2,15,18). The Bertz CT molecular complexity index is 602. The number of anilines is 2. The van der Waals surface area contributed by atoms with Crippen LogP contribution in [0.3, 0.4) is 0 Å². The van der Waals surface area contributed by atoms with Crippen molar-refractivity contribution in [2.24, 2.45) is 5.73 Å². The van der Waals surface area contributed by atoms with Crippen molar-refractivity contribution in [3.63, 3.8) is 0 Å². The summed E-state index contributed by atoms with van der Waals surface area (Å²) in [5.74, 6) is 0. The number of nitrogens with zero attached hydrogens (tertiary/aromatic N) is 1. The molecule has 0 atom stereocenters. The Labute approximate surface area is 120 Å². The highest BCUT2D eigenvalue weighted by Crippen LogP contribution is 2.29. The number of hydrogen-bond donors (Lipinski definition) is 2. The van der Waals surface area contributed by atoms with Crippen molar-refractivity contribution in [2.75, 3.05) is 5.32 Å². The first-order valence-electron chi connectivity index (χ1n) is 5.05. The molecular formula is C12H9Cl2N3S. The molecule has 0 saturated heterocycles. The zero-order chi connectivity index (χ0) is 13.1. The van der Waals surface area contributed by atoms with Crippen LogP contribution >= 0.6 is 35.4 Å². The molecule has 0 unspecified atom stereocenters. The monoisotopic (exact) mass is 297 g/mol. The fourth-order valence-electron chi connectivity index (χ4n) is 1.44. The van der Waals surface area contributed by atoms with E-state index in [9.17, 15) is 0 Å². The van der Waals surface area contributed by atoms with Crippen molar-refractivity contribution in [3.8, 4) is 0 Å². The summed E-state index contributed by atoms with van der Waals surface area (Å²) < 4.78 is 0. The number of halogens is 2. The molecule has 0 radical (unpaired) electrons. The molecule has 0 fully saturated rings. The maximum Gasteiger partial charge on any atom is 0.124 e. The van der Waals surface area contributed by atoms with Gasteiger partial charge in [-0.3, -0.25) is 4.98 Å². The van der Waals surface area contributed by atoms with Gasteiger partial charge in [0.1, 0.15) is 10.7 Å². The molecule has 0 aliphatic carbocycles. The lowest BCUT2D eigenvalue weighted by atomic mass is 10.2. The van der Waals surface area contributed by atoms with Crippen LogP contribution in [-0.2, 0) is 0 Å². The summed E-state index contributed by atoms with van der Waals surface area (Å²) >= 11 is 16.9. The molecule has 1 aromatic carbocycles. The molecule has 0 amide bonds. The van der Waals surface area contributed by atoms with Gasteiger partial charge in [0, 0.05) is 11.2 Å². The summed E-state index contributed by atoms with van der Waals surface area (Å²) in [5, 5.41) is 4.26. The van der Waals surface area contributed by atoms with E-state index < -0.39 is 0 Å². The molecule has 1 heterocycles. The van der Waals surface area contributed by atoms with Gasteiger partial charge < -0.3 is 11.1 Å². The van der Waals surface area contributed by atoms with Gasteiger partial charge in [-0.2, -0.15) is 0 Å². The minimum atomic E-state index is 0.219. The molecule has 1 aromatic heterocycles. The van der Waals surface area contributed by atoms with Crippen LogP contribution in [-0.4, -0.2) is 9.97 Å². The van der Waals surface area contributed by atoms with Crippen LogP contribution in [0.4, 0.5) is 11.4 Å². The van der Waals surface area contributed by atoms with Gasteiger partial charge in [-0.15, -0.1) is 0 Å². The Morgan fingerprint density at radius 2 is 2.00 bits per heavy atom. The highest BCUT2D eigenvalue weighted by molar-refractivity contribution is 7.80. The average molecular weight is 298 g/mol. The van der Waals surface area contributed by atoms with E-state index in [1.54, 1.807) is 30.5 Å². The fourth-order valence-corrected chi connectivity index (χ4v) is 1.94. The number of nitrogens with one attached hydrogen (secondary N) is 1. The van der Waals surface area contributed by atoms with E-state index in [0.29, 0.717) is 27.1 Å². The molecule has 6 heteroatoms. The molecule has 3 N–H and O–H groups in total. The van der Waals surface area contributed by atoms with Crippen molar-refractivity contribution < 1.29 is 0 Å². The normalized spacial score (nSPS) is 10.1. The second-order valence-electron chi connectivity index (χ2n) is 3.51. The average Bonchev–Trinajstić information content (AvgIpc) is 2.34. The van der Waals surface area contributed by atoms with E-state index in [2.05, 4.69) is 10.3 Å². The van der Waals surface area contributed by atoms with Gasteiger partial charge >= 0.3 is 0 Å². The lowest BCUT2D eigenvalue weighted by Crippen LogP contribution is -2.13. The van der Waals surface area contributed by atoms with Crippen molar-refractivity contribution in [1.82, 2.24) is 4.98 Å². The van der Waals surface area contributed by atoms with E-state index >= 15 is 0 Å². The van der Waals surface area contributed by atoms with Crippen LogP contribution in [0.5, 0.6) is 0 Å². The van der Waals surface area contributed by atoms with E-state index in [-0.39, 0.29) is 4.99 Å². The van der Waals surface area contributed by atoms with Crippen LogP contribution in [0.25, 0.3) is 0 Å². The molecule has 18 heavy (non-hydrogen) atoms. The lowest BCUT2D eigenvalue weighted by molar-refractivity contribution is 1.29. The Morgan fingerprint density at radius 1 is 1.22 bits per heavy atom. The zero-order valence-corrected chi connectivity index (χ0v) is 11.5. The molecule has 3 nitrogen and oxygen atoms in total. The van der Waals surface area contributed by atoms with Gasteiger partial charge in [-0.05, 0) is 30.3 Å². The van der Waals surface area contributed by atoms with Crippen LogP contribution in [0, 0.1) is 0 Å². The smallest absolute Gasteiger partial charge is 0.124 e. The zero-order valence-electron chi connectivity index (χ0n) is 9.15. The molecule has 0 spiro atoms. The van der Waals surface area contributed by atoms with Crippen LogP contribution in [0.2, 0.25) is 10.0 Å². The van der Waals surface area contributed by atoms with Crippen LogP contribution in [0.15, 0.2) is 36.5 Å². The summed E-state index contributed by atoms with van der Waals surface area (Å²) in [5.41, 5.74) is 7.49. The number of aromatic nitrogens is 1. The van der Waals surface area contributed by atoms with E-state index in [1.165, 1.54) is 0 Å². The molecule has 2 aromatic rings. The van der Waals surface area contributed by atoms with Crippen LogP contribution < -0.4 is 11.1 Å². The fraction of sp³-hybridized carbons (Fsp3) is 0. The predicted octanol–water partition coefficient (Wildman–Crippen LogP) is 3.77. The van der Waals surface area contributed by atoms with E-state index in [0.717, 1.165) is 0 Å². The Kier molecular flexibility index (Phi) is 4.01. The highest BCUT2D eigenvalue weighted by atomic mass is 35.5. The second kappa shape index (κ2) is 5.52. The van der Waals surface area contributed by atoms with Gasteiger partial charge in [0.05, 0.1) is 16.4 Å². The maximum absolute atomic E-state index is 6.07. The summed E-state index contributed by atoms with van der Waals surface area (Å²) in [7, 11) is 0. The van der Waals surface area contributed by atoms with Crippen molar-refractivity contribution >= 4 is 51.8 Å². The summed E-state index contributed by atoms with van der Waals surface area (Å²) in [4.78, 5) is 4.34. The minimum absolute atomic E-state index is 0.219. The third kappa shape index (κ3) is 2.90. The van der Waals surface area contributed by atoms with Gasteiger partial charge in [-0.1, -0.05) is 35.4 Å². The number of nitrogens with two attached hydrogens (primary N) is 1. The SMILES string of the molecule is NC(=S)c1ncccc1Nc1cc(Cl)ccc1Cl. The number of hydrogen-bond acceptors (Lipinski definition) is 3. The van der Waals surface area contributed by atoms with Crippen LogP contribution in [0.1, 0.15) is 5.69 Å². The Morgan fingerprint density at radius 3 is 2.72 bits per heavy atom. The molecule has 0 saturated carbocycles. The first-order valence-corrected chi connectivity index (χ1v) is 6.21. The van der Waals surface area contributed by atoms with Gasteiger partial charge in [0.2, 0.25) is 0 Å². The predicted molar refractivity (Wildman–Crippen MR) is 79.9 cm³/mol. The summed E-state index contributed by atoms with van der Waals surface area (Å²) in [6.45, 7) is 0. The third-order valence-electron chi connectivity index (χ3n) is 2.24. The molecule has 2 rings (SSSR count). The van der Waals surface area contributed by atoms with E-state index in [4.69, 9.17) is 41.2 Å². The first kappa shape index (κ1) is 13.1. The number of thiocarbonyl (C=S) groups is 1. The molecule has 0 bridgehead atoms. The summed E-state index contributed by atoms with van der Waals surface area (Å²) in [6.07, 6.45) is 1.62. The largest absolute Gasteiger partial charge is 0.388 e. The number of rotatable bonds is 3. The second-order valence-corrected chi connectivity index (χ2v) is 4.80. The van der Waals surface area contributed by atoms with E-state index in [1.807, 2.05) is 6.07 Å². The van der Waals surface area contributed by atoms with Gasteiger partial charge in [0.15, 0.2) is 0 Å². The van der Waals surface area contributed by atoms with Gasteiger partial charge in [-0.25, -0.2) is 0 Å². The Balaban J connectivity index is 2.40. The minimum Gasteiger partial charge on any atom is -0.388 e. The van der Waals surface area contributed by atoms with Crippen molar-refractivity contribution in [2.45, 2.75) is 0 Å². The number of benzene rings is 1. The Hall–Kier alpha value is -1.36. The van der Waals surface area contributed by atoms with Crippen molar-refractivity contribution in [3.05, 3.63) is 52.3 Å².